The van der Waals surface area contributed by atoms with E-state index in [0.29, 0.717) is 25.5 Å². The van der Waals surface area contributed by atoms with E-state index >= 15 is 0 Å². The van der Waals surface area contributed by atoms with Gasteiger partial charge in [-0.3, -0.25) is 9.89 Å². The van der Waals surface area contributed by atoms with Crippen molar-refractivity contribution in [3.05, 3.63) is 34.0 Å². The van der Waals surface area contributed by atoms with Gasteiger partial charge in [-0.2, -0.15) is 5.10 Å². The second kappa shape index (κ2) is 5.10. The predicted molar refractivity (Wildman–Crippen MR) is 70.0 cm³/mol. The average Bonchev–Trinajstić information content (AvgIpc) is 3.09. The molecule has 7 heteroatoms. The van der Waals surface area contributed by atoms with Crippen LogP contribution in [0.15, 0.2) is 17.1 Å². The van der Waals surface area contributed by atoms with Crippen molar-refractivity contribution < 1.29 is 9.53 Å². The molecule has 100 valence electrons. The van der Waals surface area contributed by atoms with Gasteiger partial charge in [0.2, 0.25) is 0 Å². The van der Waals surface area contributed by atoms with Crippen molar-refractivity contribution in [2.24, 2.45) is 0 Å². The number of hydrogen-bond donors (Lipinski definition) is 1. The minimum absolute atomic E-state index is 0.0523. The van der Waals surface area contributed by atoms with E-state index in [1.807, 2.05) is 6.92 Å². The molecular weight excluding hydrogens is 264 g/mol. The van der Waals surface area contributed by atoms with Crippen LogP contribution < -0.4 is 0 Å². The number of H-pyrrole nitrogens is 1. The topological polar surface area (TPSA) is 71.1 Å². The van der Waals surface area contributed by atoms with Gasteiger partial charge >= 0.3 is 0 Å². The Morgan fingerprint density at radius 2 is 2.53 bits per heavy atom. The molecule has 3 heterocycles. The minimum Gasteiger partial charge on any atom is -0.377 e. The zero-order valence-electron chi connectivity index (χ0n) is 10.5. The van der Waals surface area contributed by atoms with E-state index in [2.05, 4.69) is 15.2 Å². The molecule has 1 N–H and O–H groups in total. The fraction of sp³-hybridized carbons (Fsp3) is 0.417. The number of rotatable bonds is 2. The number of nitrogens with one attached hydrogen (secondary N) is 1. The molecule has 2 aromatic rings. The van der Waals surface area contributed by atoms with Crippen LogP contribution in [0.5, 0.6) is 0 Å². The SMILES string of the molecule is Cc1cn[nH]c1[C@@H]1COCCN1C(=O)c1cscn1. The van der Waals surface area contributed by atoms with E-state index in [4.69, 9.17) is 4.74 Å². The van der Waals surface area contributed by atoms with Crippen LogP contribution in [-0.2, 0) is 4.74 Å². The van der Waals surface area contributed by atoms with E-state index in [9.17, 15) is 4.79 Å². The summed E-state index contributed by atoms with van der Waals surface area (Å²) in [7, 11) is 0. The molecule has 0 spiro atoms. The average molecular weight is 278 g/mol. The highest BCUT2D eigenvalue weighted by Crippen LogP contribution is 2.26. The van der Waals surface area contributed by atoms with Gasteiger partial charge in [0.05, 0.1) is 36.7 Å². The lowest BCUT2D eigenvalue weighted by Gasteiger charge is -2.34. The number of carbonyl (C=O) groups is 1. The minimum atomic E-state index is -0.120. The summed E-state index contributed by atoms with van der Waals surface area (Å²) in [4.78, 5) is 18.4. The third-order valence-electron chi connectivity index (χ3n) is 3.24. The largest absolute Gasteiger partial charge is 0.377 e. The number of aromatic amines is 1. The van der Waals surface area contributed by atoms with E-state index < -0.39 is 0 Å². The molecule has 1 fully saturated rings. The number of morpholine rings is 1. The fourth-order valence-corrected chi connectivity index (χ4v) is 2.77. The Balaban J connectivity index is 1.90. The second-order valence-electron chi connectivity index (χ2n) is 4.43. The van der Waals surface area contributed by atoms with Gasteiger partial charge in [0.15, 0.2) is 0 Å². The van der Waals surface area contributed by atoms with Crippen LogP contribution >= 0.6 is 11.3 Å². The summed E-state index contributed by atoms with van der Waals surface area (Å²) in [6.07, 6.45) is 1.76. The number of carbonyl (C=O) groups excluding carboxylic acids is 1. The normalized spacial score (nSPS) is 19.6. The first-order valence-corrected chi connectivity index (χ1v) is 6.98. The molecule has 3 rings (SSSR count). The first kappa shape index (κ1) is 12.3. The molecular formula is C12H14N4O2S. The van der Waals surface area contributed by atoms with Crippen LogP contribution in [0.1, 0.15) is 27.8 Å². The molecule has 1 aliphatic rings. The Kier molecular flexibility index (Phi) is 3.31. The molecule has 1 saturated heterocycles. The summed E-state index contributed by atoms with van der Waals surface area (Å²) in [5.41, 5.74) is 4.13. The molecule has 19 heavy (non-hydrogen) atoms. The third-order valence-corrected chi connectivity index (χ3v) is 3.83. The highest BCUT2D eigenvalue weighted by Gasteiger charge is 2.31. The molecule has 0 unspecified atom stereocenters. The maximum Gasteiger partial charge on any atom is 0.274 e. The summed E-state index contributed by atoms with van der Waals surface area (Å²) < 4.78 is 5.50. The Bertz CT molecular complexity index is 566. The maximum absolute atomic E-state index is 12.5. The zero-order valence-corrected chi connectivity index (χ0v) is 11.3. The van der Waals surface area contributed by atoms with Gasteiger partial charge in [-0.25, -0.2) is 4.98 Å². The van der Waals surface area contributed by atoms with Gasteiger partial charge in [0, 0.05) is 11.9 Å². The van der Waals surface area contributed by atoms with Crippen LogP contribution in [0, 0.1) is 6.92 Å². The van der Waals surface area contributed by atoms with Gasteiger partial charge < -0.3 is 9.64 Å². The number of hydrogen-bond acceptors (Lipinski definition) is 5. The monoisotopic (exact) mass is 278 g/mol. The predicted octanol–water partition coefficient (Wildman–Crippen LogP) is 1.39. The van der Waals surface area contributed by atoms with Crippen LogP contribution in [0.3, 0.4) is 0 Å². The highest BCUT2D eigenvalue weighted by molar-refractivity contribution is 7.07. The molecule has 0 aromatic carbocycles. The number of aryl methyl sites for hydroxylation is 1. The molecule has 1 atom stereocenters. The van der Waals surface area contributed by atoms with Crippen molar-refractivity contribution in [2.75, 3.05) is 19.8 Å². The standard InChI is InChI=1S/C12H14N4O2S/c1-8-4-14-15-11(8)10-5-18-3-2-16(10)12(17)9-6-19-7-13-9/h4,6-7,10H,2-3,5H2,1H3,(H,14,15)/t10-/m0/s1. The van der Waals surface area contributed by atoms with E-state index in [-0.39, 0.29) is 11.9 Å². The summed E-state index contributed by atoms with van der Waals surface area (Å²) in [5, 5.41) is 8.76. The summed E-state index contributed by atoms with van der Waals surface area (Å²) in [6, 6.07) is -0.120. The number of thiazole rings is 1. The summed E-state index contributed by atoms with van der Waals surface area (Å²) in [5.74, 6) is -0.0523. The highest BCUT2D eigenvalue weighted by atomic mass is 32.1. The van der Waals surface area contributed by atoms with Crippen LogP contribution in [0.2, 0.25) is 0 Å². The van der Waals surface area contributed by atoms with E-state index in [0.717, 1.165) is 11.3 Å². The molecule has 0 aliphatic carbocycles. The first-order chi connectivity index (χ1) is 9.27. The Hall–Kier alpha value is -1.73. The zero-order chi connectivity index (χ0) is 13.2. The molecule has 6 nitrogen and oxygen atoms in total. The molecule has 1 amide bonds. The molecule has 0 saturated carbocycles. The van der Waals surface area contributed by atoms with Crippen LogP contribution in [0.4, 0.5) is 0 Å². The maximum atomic E-state index is 12.5. The van der Waals surface area contributed by atoms with Crippen molar-refractivity contribution in [3.8, 4) is 0 Å². The summed E-state index contributed by atoms with van der Waals surface area (Å²) in [6.45, 7) is 3.58. The van der Waals surface area contributed by atoms with Gasteiger partial charge in [-0.05, 0) is 12.5 Å². The lowest BCUT2D eigenvalue weighted by molar-refractivity contribution is -0.00434. The molecule has 0 bridgehead atoms. The molecule has 2 aromatic heterocycles. The third kappa shape index (κ3) is 2.26. The molecule has 0 radical (unpaired) electrons. The fourth-order valence-electron chi connectivity index (χ4n) is 2.24. The first-order valence-electron chi connectivity index (χ1n) is 6.04. The Labute approximate surface area is 114 Å². The van der Waals surface area contributed by atoms with Crippen LogP contribution in [-0.4, -0.2) is 45.7 Å². The molecule has 1 aliphatic heterocycles. The van der Waals surface area contributed by atoms with Crippen molar-refractivity contribution >= 4 is 17.2 Å². The van der Waals surface area contributed by atoms with Crippen molar-refractivity contribution in [3.63, 3.8) is 0 Å². The van der Waals surface area contributed by atoms with Crippen molar-refractivity contribution in [1.29, 1.82) is 0 Å². The summed E-state index contributed by atoms with van der Waals surface area (Å²) >= 11 is 1.42. The van der Waals surface area contributed by atoms with Gasteiger partial charge in [-0.15, -0.1) is 11.3 Å². The van der Waals surface area contributed by atoms with Crippen molar-refractivity contribution in [2.45, 2.75) is 13.0 Å². The number of ether oxygens (including phenoxy) is 1. The quantitative estimate of drug-likeness (QED) is 0.901. The second-order valence-corrected chi connectivity index (χ2v) is 5.15. The van der Waals surface area contributed by atoms with Crippen LogP contribution in [0.25, 0.3) is 0 Å². The number of nitrogens with zero attached hydrogens (tertiary/aromatic N) is 3. The lowest BCUT2D eigenvalue weighted by Crippen LogP contribution is -2.43. The number of amides is 1. The Morgan fingerprint density at radius 3 is 3.21 bits per heavy atom. The van der Waals surface area contributed by atoms with Gasteiger partial charge in [0.1, 0.15) is 5.69 Å². The number of aromatic nitrogens is 3. The van der Waals surface area contributed by atoms with E-state index in [1.165, 1.54) is 11.3 Å². The van der Waals surface area contributed by atoms with Crippen molar-refractivity contribution in [1.82, 2.24) is 20.1 Å². The lowest BCUT2D eigenvalue weighted by atomic mass is 10.1. The van der Waals surface area contributed by atoms with E-state index in [1.54, 1.807) is 22.0 Å². The van der Waals surface area contributed by atoms with Gasteiger partial charge in [-0.1, -0.05) is 0 Å². The smallest absolute Gasteiger partial charge is 0.274 e. The van der Waals surface area contributed by atoms with Gasteiger partial charge in [0.25, 0.3) is 5.91 Å². The Morgan fingerprint density at radius 1 is 1.63 bits per heavy atom.